The van der Waals surface area contributed by atoms with Crippen molar-refractivity contribution in [3.63, 3.8) is 0 Å². The number of nitrogens with one attached hydrogen (secondary N) is 1. The quantitative estimate of drug-likeness (QED) is 0.705. The second-order valence-electron chi connectivity index (χ2n) is 6.88. The number of amides is 1. The number of nitriles is 1. The molecule has 1 atom stereocenters. The number of nitrogens with zero attached hydrogens (tertiary/aromatic N) is 6. The van der Waals surface area contributed by atoms with Gasteiger partial charge in [0.25, 0.3) is 11.4 Å². The van der Waals surface area contributed by atoms with Crippen LogP contribution in [0.5, 0.6) is 0 Å². The molecule has 0 spiro atoms. The molecular formula is C19H19N7O2. The molecule has 1 saturated heterocycles. The van der Waals surface area contributed by atoms with Gasteiger partial charge >= 0.3 is 0 Å². The number of fused-ring (bicyclic) bond motifs is 1. The fourth-order valence-electron chi connectivity index (χ4n) is 3.48. The van der Waals surface area contributed by atoms with E-state index in [9.17, 15) is 9.59 Å². The molecule has 1 fully saturated rings. The van der Waals surface area contributed by atoms with E-state index in [0.717, 1.165) is 24.0 Å². The molecule has 142 valence electrons. The van der Waals surface area contributed by atoms with Crippen LogP contribution in [0.1, 0.15) is 12.2 Å². The van der Waals surface area contributed by atoms with Gasteiger partial charge in [-0.1, -0.05) is 0 Å². The van der Waals surface area contributed by atoms with Crippen molar-refractivity contribution in [3.8, 4) is 6.07 Å². The molecule has 3 aromatic rings. The largest absolute Gasteiger partial charge is 0.369 e. The van der Waals surface area contributed by atoms with Crippen molar-refractivity contribution >= 4 is 22.4 Å². The average Bonchev–Trinajstić information content (AvgIpc) is 3.34. The number of hydrogen-bond acceptors (Lipinski definition) is 6. The molecule has 9 heteroatoms. The van der Waals surface area contributed by atoms with Crippen LogP contribution in [0.4, 0.5) is 5.69 Å². The van der Waals surface area contributed by atoms with Gasteiger partial charge in [-0.25, -0.2) is 9.67 Å². The summed E-state index contributed by atoms with van der Waals surface area (Å²) in [6.07, 6.45) is 3.98. The number of carbonyl (C=O) groups is 1. The number of aryl methyl sites for hydroxylation is 1. The monoisotopic (exact) mass is 377 g/mol. The smallest absolute Gasteiger partial charge is 0.258 e. The molecule has 28 heavy (non-hydrogen) atoms. The Kier molecular flexibility index (Phi) is 4.53. The second-order valence-corrected chi connectivity index (χ2v) is 6.88. The van der Waals surface area contributed by atoms with E-state index in [4.69, 9.17) is 5.26 Å². The van der Waals surface area contributed by atoms with E-state index in [-0.39, 0.29) is 29.9 Å². The number of carbonyl (C=O) groups excluding carboxylic acids is 1. The number of aromatic nitrogens is 4. The molecule has 0 saturated carbocycles. The van der Waals surface area contributed by atoms with Gasteiger partial charge < -0.3 is 14.8 Å². The summed E-state index contributed by atoms with van der Waals surface area (Å²) in [5.74, 6) is -0.116. The maximum atomic E-state index is 12.2. The third kappa shape index (κ3) is 3.44. The Labute approximate surface area is 160 Å². The Morgan fingerprint density at radius 1 is 1.39 bits per heavy atom. The predicted octanol–water partition coefficient (Wildman–Crippen LogP) is 0.397. The summed E-state index contributed by atoms with van der Waals surface area (Å²) in [5.41, 5.74) is 1.02. The first-order valence-corrected chi connectivity index (χ1v) is 8.97. The van der Waals surface area contributed by atoms with Gasteiger partial charge in [0.05, 0.1) is 0 Å². The van der Waals surface area contributed by atoms with Crippen molar-refractivity contribution < 1.29 is 4.79 Å². The van der Waals surface area contributed by atoms with E-state index in [1.54, 1.807) is 17.8 Å². The maximum Gasteiger partial charge on any atom is 0.258 e. The Balaban J connectivity index is 1.40. The first-order chi connectivity index (χ1) is 13.5. The minimum Gasteiger partial charge on any atom is -0.369 e. The van der Waals surface area contributed by atoms with E-state index < -0.39 is 0 Å². The lowest BCUT2D eigenvalue weighted by Gasteiger charge is -2.19. The standard InChI is InChI=1S/C19H19N7O2/c1-24-6-4-13-8-15(2-3-16(13)19(24)28)25-7-5-14(10-25)22-18(27)11-26-12-21-17(9-20)23-26/h2-4,6,8,12,14H,5,7,10-11H2,1H3,(H,22,27)/t14-/m0/s1. The Bertz CT molecular complexity index is 1140. The van der Waals surface area contributed by atoms with Gasteiger partial charge in [0.2, 0.25) is 5.91 Å². The molecule has 0 radical (unpaired) electrons. The summed E-state index contributed by atoms with van der Waals surface area (Å²) < 4.78 is 2.92. The van der Waals surface area contributed by atoms with Crippen LogP contribution in [0.15, 0.2) is 41.6 Å². The summed E-state index contributed by atoms with van der Waals surface area (Å²) in [5, 5.41) is 17.2. The van der Waals surface area contributed by atoms with Crippen LogP contribution in [0.25, 0.3) is 10.8 Å². The predicted molar refractivity (Wildman–Crippen MR) is 103 cm³/mol. The lowest BCUT2D eigenvalue weighted by atomic mass is 10.1. The summed E-state index contributed by atoms with van der Waals surface area (Å²) >= 11 is 0. The molecule has 1 aromatic carbocycles. The minimum absolute atomic E-state index is 0.0109. The highest BCUT2D eigenvalue weighted by molar-refractivity contribution is 5.85. The molecule has 0 unspecified atom stereocenters. The highest BCUT2D eigenvalue weighted by Crippen LogP contribution is 2.24. The van der Waals surface area contributed by atoms with Crippen molar-refractivity contribution in [1.82, 2.24) is 24.6 Å². The van der Waals surface area contributed by atoms with Crippen LogP contribution in [0, 0.1) is 11.3 Å². The van der Waals surface area contributed by atoms with Crippen LogP contribution >= 0.6 is 0 Å². The normalized spacial score (nSPS) is 16.3. The maximum absolute atomic E-state index is 12.2. The van der Waals surface area contributed by atoms with Gasteiger partial charge in [0.1, 0.15) is 18.9 Å². The number of pyridine rings is 1. The van der Waals surface area contributed by atoms with Crippen LogP contribution in [0.3, 0.4) is 0 Å². The molecule has 1 amide bonds. The van der Waals surface area contributed by atoms with Crippen LogP contribution < -0.4 is 15.8 Å². The molecule has 2 aromatic heterocycles. The first kappa shape index (κ1) is 17.7. The van der Waals surface area contributed by atoms with Crippen LogP contribution in [0.2, 0.25) is 0 Å². The van der Waals surface area contributed by atoms with Gasteiger partial charge in [-0.05, 0) is 36.1 Å². The number of benzene rings is 1. The van der Waals surface area contributed by atoms with Crippen LogP contribution in [-0.4, -0.2) is 44.4 Å². The fourth-order valence-corrected chi connectivity index (χ4v) is 3.48. The third-order valence-electron chi connectivity index (χ3n) is 4.92. The van der Waals surface area contributed by atoms with Crippen molar-refractivity contribution in [2.45, 2.75) is 19.0 Å². The Morgan fingerprint density at radius 3 is 3.04 bits per heavy atom. The lowest BCUT2D eigenvalue weighted by molar-refractivity contribution is -0.122. The lowest BCUT2D eigenvalue weighted by Crippen LogP contribution is -2.39. The van der Waals surface area contributed by atoms with Gasteiger partial charge in [0, 0.05) is 43.4 Å². The minimum atomic E-state index is -0.164. The molecule has 4 rings (SSSR count). The van der Waals surface area contributed by atoms with Gasteiger partial charge in [0.15, 0.2) is 0 Å². The van der Waals surface area contributed by atoms with E-state index >= 15 is 0 Å². The summed E-state index contributed by atoms with van der Waals surface area (Å²) in [6, 6.07) is 9.62. The molecule has 0 bridgehead atoms. The zero-order valence-corrected chi connectivity index (χ0v) is 15.4. The van der Waals surface area contributed by atoms with E-state index in [2.05, 4.69) is 20.3 Å². The fraction of sp³-hybridized carbons (Fsp3) is 0.316. The second kappa shape index (κ2) is 7.15. The number of anilines is 1. The highest BCUT2D eigenvalue weighted by Gasteiger charge is 2.24. The Hall–Kier alpha value is -3.67. The van der Waals surface area contributed by atoms with E-state index in [1.165, 1.54) is 11.0 Å². The molecule has 9 nitrogen and oxygen atoms in total. The molecule has 1 aliphatic heterocycles. The van der Waals surface area contributed by atoms with Gasteiger partial charge in [-0.15, -0.1) is 5.10 Å². The zero-order chi connectivity index (χ0) is 19.7. The summed E-state index contributed by atoms with van der Waals surface area (Å²) in [7, 11) is 1.74. The van der Waals surface area contributed by atoms with Gasteiger partial charge in [-0.3, -0.25) is 9.59 Å². The van der Waals surface area contributed by atoms with Gasteiger partial charge in [-0.2, -0.15) is 5.26 Å². The molecule has 0 aliphatic carbocycles. The average molecular weight is 377 g/mol. The number of rotatable bonds is 4. The summed E-state index contributed by atoms with van der Waals surface area (Å²) in [6.45, 7) is 1.55. The van der Waals surface area contributed by atoms with Crippen LogP contribution in [-0.2, 0) is 18.4 Å². The molecule has 1 N–H and O–H groups in total. The molecule has 3 heterocycles. The number of hydrogen-bond donors (Lipinski definition) is 1. The van der Waals surface area contributed by atoms with E-state index in [0.29, 0.717) is 11.9 Å². The molecular weight excluding hydrogens is 358 g/mol. The topological polar surface area (TPSA) is 109 Å². The zero-order valence-electron chi connectivity index (χ0n) is 15.4. The third-order valence-corrected chi connectivity index (χ3v) is 4.92. The van der Waals surface area contributed by atoms with Crippen molar-refractivity contribution in [2.24, 2.45) is 7.05 Å². The molecule has 1 aliphatic rings. The SMILES string of the molecule is Cn1ccc2cc(N3CC[C@H](NC(=O)Cn4cnc(C#N)n4)C3)ccc2c1=O. The first-order valence-electron chi connectivity index (χ1n) is 8.97. The highest BCUT2D eigenvalue weighted by atomic mass is 16.2. The van der Waals surface area contributed by atoms with Crippen molar-refractivity contribution in [2.75, 3.05) is 18.0 Å². The summed E-state index contributed by atoms with van der Waals surface area (Å²) in [4.78, 5) is 30.4. The van der Waals surface area contributed by atoms with Crippen molar-refractivity contribution in [3.05, 3.63) is 53.0 Å². The van der Waals surface area contributed by atoms with E-state index in [1.807, 2.05) is 30.3 Å². The Morgan fingerprint density at radius 2 is 2.25 bits per heavy atom. The van der Waals surface area contributed by atoms with Crippen molar-refractivity contribution in [1.29, 1.82) is 5.26 Å².